The quantitative estimate of drug-likeness (QED) is 0.834. The van der Waals surface area contributed by atoms with Crippen LogP contribution in [0.5, 0.6) is 0 Å². The van der Waals surface area contributed by atoms with Crippen molar-refractivity contribution in [3.8, 4) is 0 Å². The number of hydrogen-bond acceptors (Lipinski definition) is 6. The Bertz CT molecular complexity index is 632. The van der Waals surface area contributed by atoms with E-state index in [1.54, 1.807) is 26.1 Å². The summed E-state index contributed by atoms with van der Waals surface area (Å²) in [6.07, 6.45) is 1.44. The molecule has 0 unspecified atom stereocenters. The van der Waals surface area contributed by atoms with Gasteiger partial charge in [-0.25, -0.2) is 19.7 Å². The molecule has 19 heavy (non-hydrogen) atoms. The summed E-state index contributed by atoms with van der Waals surface area (Å²) >= 11 is 1.23. The van der Waals surface area contributed by atoms with Gasteiger partial charge in [-0.2, -0.15) is 0 Å². The number of ether oxygens (including phenoxy) is 1. The Morgan fingerprint density at radius 1 is 1.53 bits per heavy atom. The Morgan fingerprint density at radius 3 is 2.84 bits per heavy atom. The van der Waals surface area contributed by atoms with Gasteiger partial charge in [-0.15, -0.1) is 5.10 Å². The highest BCUT2D eigenvalue weighted by Crippen LogP contribution is 2.22. The van der Waals surface area contributed by atoms with Crippen molar-refractivity contribution in [2.75, 3.05) is 6.61 Å². The summed E-state index contributed by atoms with van der Waals surface area (Å²) in [5.41, 5.74) is 0.104. The van der Waals surface area contributed by atoms with Gasteiger partial charge in [0.2, 0.25) is 0 Å². The fourth-order valence-electron chi connectivity index (χ4n) is 1.29. The first kappa shape index (κ1) is 13.3. The van der Waals surface area contributed by atoms with Gasteiger partial charge in [0.1, 0.15) is 5.03 Å². The van der Waals surface area contributed by atoms with E-state index in [1.807, 2.05) is 0 Å². The van der Waals surface area contributed by atoms with Crippen molar-refractivity contribution in [3.63, 3.8) is 0 Å². The van der Waals surface area contributed by atoms with Gasteiger partial charge in [-0.1, -0.05) is 0 Å². The highest BCUT2D eigenvalue weighted by atomic mass is 32.2. The average molecular weight is 280 g/mol. The van der Waals surface area contributed by atoms with Crippen molar-refractivity contribution in [3.05, 3.63) is 34.4 Å². The molecule has 0 radical (unpaired) electrons. The van der Waals surface area contributed by atoms with Gasteiger partial charge in [0.05, 0.1) is 12.2 Å². The average Bonchev–Trinajstić information content (AvgIpc) is 2.72. The predicted molar refractivity (Wildman–Crippen MR) is 68.1 cm³/mol. The first-order valence-corrected chi connectivity index (χ1v) is 6.36. The smallest absolute Gasteiger partial charge is 0.343 e. The van der Waals surface area contributed by atoms with Crippen LogP contribution >= 0.6 is 11.8 Å². The SMILES string of the molecule is CCOC(=O)c1ccc(Sc2n[nH]c(=O)n2C)nc1. The molecule has 0 atom stereocenters. The van der Waals surface area contributed by atoms with Crippen LogP contribution in [0.2, 0.25) is 0 Å². The normalized spacial score (nSPS) is 10.4. The Morgan fingerprint density at radius 2 is 2.32 bits per heavy atom. The third-order valence-electron chi connectivity index (χ3n) is 2.28. The highest BCUT2D eigenvalue weighted by molar-refractivity contribution is 7.99. The maximum Gasteiger partial charge on any atom is 0.343 e. The van der Waals surface area contributed by atoms with E-state index in [0.29, 0.717) is 22.4 Å². The van der Waals surface area contributed by atoms with Crippen LogP contribution in [0.25, 0.3) is 0 Å². The number of esters is 1. The highest BCUT2D eigenvalue weighted by Gasteiger charge is 2.10. The van der Waals surface area contributed by atoms with Crippen molar-refractivity contribution in [2.45, 2.75) is 17.1 Å². The molecule has 0 fully saturated rings. The van der Waals surface area contributed by atoms with Gasteiger partial charge in [0.15, 0.2) is 5.16 Å². The number of nitrogens with zero attached hydrogens (tertiary/aromatic N) is 3. The van der Waals surface area contributed by atoms with E-state index in [9.17, 15) is 9.59 Å². The van der Waals surface area contributed by atoms with E-state index in [2.05, 4.69) is 15.2 Å². The molecule has 0 amide bonds. The second-order valence-corrected chi connectivity index (χ2v) is 4.57. The number of aromatic amines is 1. The molecular formula is C11H12N4O3S. The molecule has 0 aliphatic carbocycles. The van der Waals surface area contributed by atoms with Crippen LogP contribution in [0.3, 0.4) is 0 Å². The molecule has 0 aromatic carbocycles. The van der Waals surface area contributed by atoms with E-state index in [1.165, 1.54) is 22.5 Å². The molecule has 2 heterocycles. The number of rotatable bonds is 4. The molecule has 8 heteroatoms. The zero-order valence-corrected chi connectivity index (χ0v) is 11.2. The molecule has 0 spiro atoms. The summed E-state index contributed by atoms with van der Waals surface area (Å²) in [5, 5.41) is 7.33. The maximum absolute atomic E-state index is 11.4. The lowest BCUT2D eigenvalue weighted by atomic mass is 10.3. The molecule has 0 aliphatic rings. The van der Waals surface area contributed by atoms with Gasteiger partial charge in [-0.3, -0.25) is 4.57 Å². The van der Waals surface area contributed by atoms with E-state index in [0.717, 1.165) is 0 Å². The second-order valence-electron chi connectivity index (χ2n) is 3.58. The summed E-state index contributed by atoms with van der Waals surface area (Å²) < 4.78 is 6.24. The third-order valence-corrected chi connectivity index (χ3v) is 3.28. The molecule has 0 saturated heterocycles. The van der Waals surface area contributed by atoms with E-state index in [4.69, 9.17) is 4.74 Å². The minimum Gasteiger partial charge on any atom is -0.462 e. The van der Waals surface area contributed by atoms with Crippen molar-refractivity contribution in [1.82, 2.24) is 19.7 Å². The second kappa shape index (κ2) is 5.70. The number of H-pyrrole nitrogens is 1. The van der Waals surface area contributed by atoms with Crippen molar-refractivity contribution >= 4 is 17.7 Å². The van der Waals surface area contributed by atoms with Gasteiger partial charge >= 0.3 is 11.7 Å². The molecule has 2 aromatic heterocycles. The lowest BCUT2D eigenvalue weighted by Crippen LogP contribution is -2.12. The molecule has 2 rings (SSSR count). The lowest BCUT2D eigenvalue weighted by molar-refractivity contribution is 0.0525. The van der Waals surface area contributed by atoms with Crippen LogP contribution in [-0.4, -0.2) is 32.3 Å². The fraction of sp³-hybridized carbons (Fsp3) is 0.273. The Kier molecular flexibility index (Phi) is 4.00. The van der Waals surface area contributed by atoms with Crippen LogP contribution in [0.1, 0.15) is 17.3 Å². The first-order valence-electron chi connectivity index (χ1n) is 5.54. The molecular weight excluding hydrogens is 268 g/mol. The minimum atomic E-state index is -0.404. The van der Waals surface area contributed by atoms with E-state index < -0.39 is 5.97 Å². The van der Waals surface area contributed by atoms with Crippen LogP contribution in [0.15, 0.2) is 33.3 Å². The maximum atomic E-state index is 11.4. The molecule has 2 aromatic rings. The molecule has 0 bridgehead atoms. The van der Waals surface area contributed by atoms with Crippen molar-refractivity contribution in [1.29, 1.82) is 0 Å². The van der Waals surface area contributed by atoms with Crippen molar-refractivity contribution in [2.24, 2.45) is 7.05 Å². The first-order chi connectivity index (χ1) is 9.11. The van der Waals surface area contributed by atoms with Gasteiger partial charge in [0, 0.05) is 13.2 Å². The summed E-state index contributed by atoms with van der Waals surface area (Å²) in [6, 6.07) is 3.30. The predicted octanol–water partition coefficient (Wildman–Crippen LogP) is 0.831. The fourth-order valence-corrected chi connectivity index (χ4v) is 2.03. The minimum absolute atomic E-state index is 0.286. The molecule has 0 aliphatic heterocycles. The zero-order valence-electron chi connectivity index (χ0n) is 10.4. The zero-order chi connectivity index (χ0) is 13.8. The Balaban J connectivity index is 2.13. The topological polar surface area (TPSA) is 89.9 Å². The van der Waals surface area contributed by atoms with Crippen LogP contribution in [-0.2, 0) is 11.8 Å². The van der Waals surface area contributed by atoms with Gasteiger partial charge in [-0.05, 0) is 30.8 Å². The number of carbonyl (C=O) groups is 1. The van der Waals surface area contributed by atoms with Gasteiger partial charge < -0.3 is 4.74 Å². The number of pyridine rings is 1. The third kappa shape index (κ3) is 3.02. The van der Waals surface area contributed by atoms with Crippen LogP contribution < -0.4 is 5.69 Å². The molecule has 0 saturated carbocycles. The van der Waals surface area contributed by atoms with Crippen LogP contribution in [0.4, 0.5) is 0 Å². The Hall–Kier alpha value is -2.09. The van der Waals surface area contributed by atoms with Gasteiger partial charge in [0.25, 0.3) is 0 Å². The number of hydrogen-bond donors (Lipinski definition) is 1. The lowest BCUT2D eigenvalue weighted by Gasteiger charge is -2.02. The summed E-state index contributed by atoms with van der Waals surface area (Å²) in [4.78, 5) is 26.8. The summed E-state index contributed by atoms with van der Waals surface area (Å²) in [6.45, 7) is 2.07. The summed E-state index contributed by atoms with van der Waals surface area (Å²) in [7, 11) is 1.61. The molecule has 7 nitrogen and oxygen atoms in total. The van der Waals surface area contributed by atoms with E-state index >= 15 is 0 Å². The number of carbonyl (C=O) groups excluding carboxylic acids is 1. The van der Waals surface area contributed by atoms with E-state index in [-0.39, 0.29) is 5.69 Å². The summed E-state index contributed by atoms with van der Waals surface area (Å²) in [5.74, 6) is -0.404. The standard InChI is InChI=1S/C11H12N4O3S/c1-3-18-9(16)7-4-5-8(12-6-7)19-11-14-13-10(17)15(11)2/h4-6H,3H2,1-2H3,(H,13,17). The number of aromatic nitrogens is 4. The molecule has 1 N–H and O–H groups in total. The number of nitrogens with one attached hydrogen (secondary N) is 1. The van der Waals surface area contributed by atoms with Crippen molar-refractivity contribution < 1.29 is 9.53 Å². The van der Waals surface area contributed by atoms with Crippen LogP contribution in [0, 0.1) is 0 Å². The Labute approximate surface area is 113 Å². The largest absolute Gasteiger partial charge is 0.462 e. The monoisotopic (exact) mass is 280 g/mol. The molecule has 100 valence electrons.